The summed E-state index contributed by atoms with van der Waals surface area (Å²) in [7, 11) is 0. The second-order valence-electron chi connectivity index (χ2n) is 5.92. The van der Waals surface area contributed by atoms with Crippen LogP contribution in [0.1, 0.15) is 22.8 Å². The fraction of sp³-hybridized carbons (Fsp3) is 0.300. The standard InChI is InChI=1S/C20H22N2O5/c1-2-14-5-3-4-6-16(14)25-12-19(23)21-9-10-22-20(24)15-7-8-17-18(11-15)27-13-26-17/h3-8,11H,2,9-10,12-13H2,1H3,(H,21,23)(H,22,24). The summed E-state index contributed by atoms with van der Waals surface area (Å²) >= 11 is 0. The third kappa shape index (κ3) is 4.91. The van der Waals surface area contributed by atoms with E-state index in [0.717, 1.165) is 12.0 Å². The van der Waals surface area contributed by atoms with Crippen LogP contribution in [0.4, 0.5) is 0 Å². The minimum atomic E-state index is -0.240. The predicted molar refractivity (Wildman–Crippen MR) is 99.2 cm³/mol. The van der Waals surface area contributed by atoms with E-state index in [4.69, 9.17) is 14.2 Å². The Hall–Kier alpha value is -3.22. The Kier molecular flexibility index (Phi) is 6.14. The number of carbonyl (C=O) groups is 2. The van der Waals surface area contributed by atoms with Crippen molar-refractivity contribution < 1.29 is 23.8 Å². The van der Waals surface area contributed by atoms with Crippen LogP contribution in [0.5, 0.6) is 17.2 Å². The molecule has 2 amide bonds. The van der Waals surface area contributed by atoms with Gasteiger partial charge in [0.1, 0.15) is 5.75 Å². The minimum Gasteiger partial charge on any atom is -0.483 e. The summed E-state index contributed by atoms with van der Waals surface area (Å²) in [4.78, 5) is 24.0. The molecule has 0 radical (unpaired) electrons. The van der Waals surface area contributed by atoms with Gasteiger partial charge >= 0.3 is 0 Å². The number of carbonyl (C=O) groups excluding carboxylic acids is 2. The molecule has 2 N–H and O–H groups in total. The van der Waals surface area contributed by atoms with Crippen molar-refractivity contribution in [3.63, 3.8) is 0 Å². The third-order valence-electron chi connectivity index (χ3n) is 4.08. The summed E-state index contributed by atoms with van der Waals surface area (Å²) in [5.41, 5.74) is 1.53. The first-order chi connectivity index (χ1) is 13.2. The normalized spacial score (nSPS) is 11.7. The fourth-order valence-electron chi connectivity index (χ4n) is 2.65. The Bertz CT molecular complexity index is 822. The zero-order valence-corrected chi connectivity index (χ0v) is 15.1. The number of rotatable bonds is 8. The monoisotopic (exact) mass is 370 g/mol. The second kappa shape index (κ2) is 8.93. The van der Waals surface area contributed by atoms with E-state index in [9.17, 15) is 9.59 Å². The molecule has 0 fully saturated rings. The highest BCUT2D eigenvalue weighted by molar-refractivity contribution is 5.95. The molecule has 2 aromatic carbocycles. The van der Waals surface area contributed by atoms with Crippen molar-refractivity contribution in [2.75, 3.05) is 26.5 Å². The van der Waals surface area contributed by atoms with E-state index in [-0.39, 0.29) is 25.2 Å². The smallest absolute Gasteiger partial charge is 0.258 e. The van der Waals surface area contributed by atoms with Crippen molar-refractivity contribution in [1.29, 1.82) is 0 Å². The van der Waals surface area contributed by atoms with Gasteiger partial charge in [-0.3, -0.25) is 9.59 Å². The van der Waals surface area contributed by atoms with Crippen molar-refractivity contribution in [3.8, 4) is 17.2 Å². The quantitative estimate of drug-likeness (QED) is 0.693. The topological polar surface area (TPSA) is 85.9 Å². The van der Waals surface area contributed by atoms with Crippen LogP contribution in [0.15, 0.2) is 42.5 Å². The van der Waals surface area contributed by atoms with E-state index in [0.29, 0.717) is 35.9 Å². The van der Waals surface area contributed by atoms with E-state index in [1.807, 2.05) is 31.2 Å². The van der Waals surface area contributed by atoms with Crippen molar-refractivity contribution in [2.45, 2.75) is 13.3 Å². The van der Waals surface area contributed by atoms with Crippen molar-refractivity contribution in [2.24, 2.45) is 0 Å². The van der Waals surface area contributed by atoms with Crippen molar-refractivity contribution in [3.05, 3.63) is 53.6 Å². The molecule has 0 aliphatic carbocycles. The molecule has 1 heterocycles. The highest BCUT2D eigenvalue weighted by atomic mass is 16.7. The molecule has 7 heteroatoms. The van der Waals surface area contributed by atoms with Crippen molar-refractivity contribution >= 4 is 11.8 Å². The molecule has 0 atom stereocenters. The van der Waals surface area contributed by atoms with Gasteiger partial charge in [0.2, 0.25) is 6.79 Å². The van der Waals surface area contributed by atoms with E-state index in [2.05, 4.69) is 10.6 Å². The third-order valence-corrected chi connectivity index (χ3v) is 4.08. The first-order valence-corrected chi connectivity index (χ1v) is 8.82. The Morgan fingerprint density at radius 3 is 2.67 bits per heavy atom. The number of hydrogen-bond donors (Lipinski definition) is 2. The van der Waals surface area contributed by atoms with E-state index >= 15 is 0 Å². The SMILES string of the molecule is CCc1ccccc1OCC(=O)NCCNC(=O)c1ccc2c(c1)OCO2. The van der Waals surface area contributed by atoms with E-state index in [1.54, 1.807) is 18.2 Å². The molecule has 0 aromatic heterocycles. The maximum atomic E-state index is 12.1. The molecule has 1 aliphatic heterocycles. The van der Waals surface area contributed by atoms with Gasteiger partial charge in [-0.05, 0) is 36.2 Å². The summed E-state index contributed by atoms with van der Waals surface area (Å²) in [6.45, 7) is 2.76. The summed E-state index contributed by atoms with van der Waals surface area (Å²) in [5, 5.41) is 5.46. The van der Waals surface area contributed by atoms with E-state index in [1.165, 1.54) is 0 Å². The maximum absolute atomic E-state index is 12.1. The number of nitrogens with one attached hydrogen (secondary N) is 2. The molecule has 0 saturated carbocycles. The van der Waals surface area contributed by atoms with Crippen LogP contribution < -0.4 is 24.8 Å². The van der Waals surface area contributed by atoms with Gasteiger partial charge in [-0.1, -0.05) is 25.1 Å². The second-order valence-corrected chi connectivity index (χ2v) is 5.92. The summed E-state index contributed by atoms with van der Waals surface area (Å²) < 4.78 is 16.0. The molecule has 0 spiro atoms. The van der Waals surface area contributed by atoms with Crippen LogP contribution in [-0.4, -0.2) is 38.3 Å². The van der Waals surface area contributed by atoms with Crippen LogP contribution in [0, 0.1) is 0 Å². The molecule has 0 saturated heterocycles. The number of ether oxygens (including phenoxy) is 3. The van der Waals surface area contributed by atoms with Gasteiger partial charge in [0, 0.05) is 18.7 Å². The molecular weight excluding hydrogens is 348 g/mol. The molecule has 2 aromatic rings. The van der Waals surface area contributed by atoms with Crippen LogP contribution >= 0.6 is 0 Å². The first kappa shape index (κ1) is 18.6. The van der Waals surface area contributed by atoms with Gasteiger partial charge in [-0.2, -0.15) is 0 Å². The molecule has 7 nitrogen and oxygen atoms in total. The van der Waals surface area contributed by atoms with Gasteiger partial charge in [0.25, 0.3) is 11.8 Å². The summed E-state index contributed by atoms with van der Waals surface area (Å²) in [5.74, 6) is 1.42. The van der Waals surface area contributed by atoms with Gasteiger partial charge in [0.05, 0.1) is 0 Å². The van der Waals surface area contributed by atoms with E-state index < -0.39 is 0 Å². The first-order valence-electron chi connectivity index (χ1n) is 8.82. The predicted octanol–water partition coefficient (Wildman–Crippen LogP) is 1.90. The number of aryl methyl sites for hydroxylation is 1. The molecule has 3 rings (SSSR count). The Morgan fingerprint density at radius 1 is 1.04 bits per heavy atom. The Balaban J connectivity index is 1.37. The average Bonchev–Trinajstić information content (AvgIpc) is 3.17. The Labute approximate surface area is 157 Å². The van der Waals surface area contributed by atoms with Crippen LogP contribution in [0.3, 0.4) is 0 Å². The molecule has 27 heavy (non-hydrogen) atoms. The van der Waals surface area contributed by atoms with Crippen LogP contribution in [0.2, 0.25) is 0 Å². The highest BCUT2D eigenvalue weighted by Gasteiger charge is 2.16. The molecule has 1 aliphatic rings. The zero-order valence-electron chi connectivity index (χ0n) is 15.1. The Morgan fingerprint density at radius 2 is 1.81 bits per heavy atom. The number of hydrogen-bond acceptors (Lipinski definition) is 5. The van der Waals surface area contributed by atoms with Crippen LogP contribution in [0.25, 0.3) is 0 Å². The van der Waals surface area contributed by atoms with Crippen LogP contribution in [-0.2, 0) is 11.2 Å². The number of fused-ring (bicyclic) bond motifs is 1. The molecule has 0 unspecified atom stereocenters. The van der Waals surface area contributed by atoms with Gasteiger partial charge in [-0.25, -0.2) is 0 Å². The molecular formula is C20H22N2O5. The lowest BCUT2D eigenvalue weighted by molar-refractivity contribution is -0.123. The lowest BCUT2D eigenvalue weighted by atomic mass is 10.1. The van der Waals surface area contributed by atoms with Gasteiger partial charge < -0.3 is 24.8 Å². The highest BCUT2D eigenvalue weighted by Crippen LogP contribution is 2.32. The maximum Gasteiger partial charge on any atom is 0.258 e. The van der Waals surface area contributed by atoms with Gasteiger partial charge in [0.15, 0.2) is 18.1 Å². The number of amides is 2. The number of para-hydroxylation sites is 1. The van der Waals surface area contributed by atoms with Gasteiger partial charge in [-0.15, -0.1) is 0 Å². The largest absolute Gasteiger partial charge is 0.483 e. The minimum absolute atomic E-state index is 0.0624. The fourth-order valence-corrected chi connectivity index (χ4v) is 2.65. The lowest BCUT2D eigenvalue weighted by Gasteiger charge is -2.11. The average molecular weight is 370 g/mol. The zero-order chi connectivity index (χ0) is 19.1. The molecule has 142 valence electrons. The number of benzene rings is 2. The summed E-state index contributed by atoms with van der Waals surface area (Å²) in [6, 6.07) is 12.6. The lowest BCUT2D eigenvalue weighted by Crippen LogP contribution is -2.36. The van der Waals surface area contributed by atoms with Crippen molar-refractivity contribution in [1.82, 2.24) is 10.6 Å². The summed E-state index contributed by atoms with van der Waals surface area (Å²) in [6.07, 6.45) is 0.837. The molecule has 0 bridgehead atoms.